The van der Waals surface area contributed by atoms with Gasteiger partial charge in [-0.1, -0.05) is 6.92 Å². The van der Waals surface area contributed by atoms with E-state index in [2.05, 4.69) is 5.32 Å². The fourth-order valence-electron chi connectivity index (χ4n) is 1.10. The first-order valence-electron chi connectivity index (χ1n) is 5.31. The molecule has 0 heterocycles. The van der Waals surface area contributed by atoms with Crippen molar-refractivity contribution in [2.24, 2.45) is 5.41 Å². The fraction of sp³-hybridized carbons (Fsp3) is 0.800. The van der Waals surface area contributed by atoms with Crippen LogP contribution in [0.4, 0.5) is 18.0 Å². The van der Waals surface area contributed by atoms with E-state index in [1.54, 1.807) is 6.92 Å². The van der Waals surface area contributed by atoms with Crippen LogP contribution in [0.15, 0.2) is 0 Å². The molecule has 0 fully saturated rings. The Hall–Kier alpha value is -1.47. The summed E-state index contributed by atoms with van der Waals surface area (Å²) in [5.41, 5.74) is -1.19. The smallest absolute Gasteiger partial charge is 0.406 e. The summed E-state index contributed by atoms with van der Waals surface area (Å²) < 4.78 is 36.1. The van der Waals surface area contributed by atoms with E-state index in [0.717, 1.165) is 7.05 Å². The van der Waals surface area contributed by atoms with Gasteiger partial charge in [0.1, 0.15) is 6.54 Å². The molecule has 0 bridgehead atoms. The Balaban J connectivity index is 4.38. The van der Waals surface area contributed by atoms with Gasteiger partial charge in [-0.15, -0.1) is 0 Å². The van der Waals surface area contributed by atoms with Crippen molar-refractivity contribution in [3.8, 4) is 0 Å². The number of hydrogen-bond donors (Lipinski definition) is 2. The molecule has 0 aliphatic carbocycles. The maximum absolute atomic E-state index is 12.0. The third-order valence-corrected chi connectivity index (χ3v) is 2.69. The molecule has 18 heavy (non-hydrogen) atoms. The highest BCUT2D eigenvalue weighted by atomic mass is 19.4. The van der Waals surface area contributed by atoms with Crippen LogP contribution in [-0.2, 0) is 4.79 Å². The van der Waals surface area contributed by atoms with E-state index >= 15 is 0 Å². The maximum atomic E-state index is 12.0. The van der Waals surface area contributed by atoms with Crippen molar-refractivity contribution in [1.29, 1.82) is 0 Å². The van der Waals surface area contributed by atoms with Crippen molar-refractivity contribution < 1.29 is 27.9 Å². The number of carbonyl (C=O) groups is 2. The van der Waals surface area contributed by atoms with Crippen LogP contribution in [0.1, 0.15) is 20.3 Å². The minimum atomic E-state index is -4.48. The Labute approximate surface area is 103 Å². The zero-order valence-corrected chi connectivity index (χ0v) is 10.5. The predicted octanol–water partition coefficient (Wildman–Crippen LogP) is 1.69. The number of halogens is 3. The zero-order valence-electron chi connectivity index (χ0n) is 10.5. The van der Waals surface area contributed by atoms with Gasteiger partial charge in [-0.25, -0.2) is 4.79 Å². The van der Waals surface area contributed by atoms with Gasteiger partial charge in [-0.05, 0) is 13.3 Å². The number of alkyl halides is 3. The molecule has 0 rings (SSSR count). The summed E-state index contributed by atoms with van der Waals surface area (Å²) in [6.07, 6.45) is -4.22. The Morgan fingerprint density at radius 2 is 1.83 bits per heavy atom. The van der Waals surface area contributed by atoms with Gasteiger partial charge < -0.3 is 15.3 Å². The minimum Gasteiger partial charge on any atom is -0.481 e. The van der Waals surface area contributed by atoms with Crippen LogP contribution < -0.4 is 5.32 Å². The summed E-state index contributed by atoms with van der Waals surface area (Å²) >= 11 is 0. The molecule has 0 aromatic rings. The Morgan fingerprint density at radius 1 is 1.33 bits per heavy atom. The van der Waals surface area contributed by atoms with Crippen LogP contribution in [0.25, 0.3) is 0 Å². The molecular formula is C10H17F3N2O3. The third-order valence-electron chi connectivity index (χ3n) is 2.69. The molecule has 106 valence electrons. The molecule has 1 unspecified atom stereocenters. The number of nitrogens with zero attached hydrogens (tertiary/aromatic N) is 1. The number of carboxylic acid groups (broad SMARTS) is 1. The number of carboxylic acids is 1. The first-order valence-corrected chi connectivity index (χ1v) is 5.31. The number of hydrogen-bond acceptors (Lipinski definition) is 2. The largest absolute Gasteiger partial charge is 0.481 e. The summed E-state index contributed by atoms with van der Waals surface area (Å²) in [5, 5.41) is 11.1. The number of amides is 2. The Kier molecular flexibility index (Phi) is 5.44. The molecule has 2 amide bonds. The van der Waals surface area contributed by atoms with Gasteiger partial charge in [0.25, 0.3) is 0 Å². The number of urea groups is 1. The molecular weight excluding hydrogens is 253 g/mol. The first-order chi connectivity index (χ1) is 8.02. The van der Waals surface area contributed by atoms with E-state index in [9.17, 15) is 22.8 Å². The molecule has 2 N–H and O–H groups in total. The summed E-state index contributed by atoms with van der Waals surface area (Å²) in [5.74, 6) is -1.11. The van der Waals surface area contributed by atoms with Gasteiger partial charge in [0.05, 0.1) is 5.41 Å². The number of carbonyl (C=O) groups excluding carboxylic acids is 1. The van der Waals surface area contributed by atoms with E-state index in [1.807, 2.05) is 0 Å². The second-order valence-electron chi connectivity index (χ2n) is 4.35. The molecule has 0 saturated heterocycles. The van der Waals surface area contributed by atoms with Gasteiger partial charge in [0.2, 0.25) is 0 Å². The maximum Gasteiger partial charge on any atom is 0.406 e. The SMILES string of the molecule is CCC(C)(CNC(=O)N(C)CC(F)(F)F)C(=O)O. The molecule has 0 saturated carbocycles. The second-order valence-corrected chi connectivity index (χ2v) is 4.35. The van der Waals surface area contributed by atoms with Crippen LogP contribution in [0.3, 0.4) is 0 Å². The van der Waals surface area contributed by atoms with Crippen molar-refractivity contribution in [2.75, 3.05) is 20.1 Å². The number of nitrogens with one attached hydrogen (secondary N) is 1. The van der Waals surface area contributed by atoms with E-state index in [0.29, 0.717) is 4.90 Å². The number of rotatable bonds is 5. The molecule has 0 radical (unpaired) electrons. The molecule has 0 aromatic heterocycles. The van der Waals surface area contributed by atoms with Gasteiger partial charge in [0, 0.05) is 13.6 Å². The Bertz CT molecular complexity index is 320. The lowest BCUT2D eigenvalue weighted by Gasteiger charge is -2.25. The van der Waals surface area contributed by atoms with Crippen LogP contribution in [0.2, 0.25) is 0 Å². The molecule has 0 aromatic carbocycles. The van der Waals surface area contributed by atoms with E-state index in [-0.39, 0.29) is 13.0 Å². The lowest BCUT2D eigenvalue weighted by molar-refractivity contribution is -0.148. The van der Waals surface area contributed by atoms with Crippen molar-refractivity contribution >= 4 is 12.0 Å². The summed E-state index contributed by atoms with van der Waals surface area (Å²) in [4.78, 5) is 22.7. The fourth-order valence-corrected chi connectivity index (χ4v) is 1.10. The summed E-state index contributed by atoms with van der Waals surface area (Å²) in [6.45, 7) is 1.44. The normalized spacial score (nSPS) is 14.8. The highest BCUT2D eigenvalue weighted by molar-refractivity contribution is 5.77. The van der Waals surface area contributed by atoms with E-state index in [1.165, 1.54) is 6.92 Å². The molecule has 1 atom stereocenters. The quantitative estimate of drug-likeness (QED) is 0.798. The average Bonchev–Trinajstić information content (AvgIpc) is 2.22. The molecule has 5 nitrogen and oxygen atoms in total. The highest BCUT2D eigenvalue weighted by Gasteiger charge is 2.34. The Morgan fingerprint density at radius 3 is 2.17 bits per heavy atom. The van der Waals surface area contributed by atoms with Crippen LogP contribution >= 0.6 is 0 Å². The van der Waals surface area contributed by atoms with Crippen LogP contribution in [-0.4, -0.2) is 48.3 Å². The third kappa shape index (κ3) is 5.24. The lowest BCUT2D eigenvalue weighted by Crippen LogP contribution is -2.47. The lowest BCUT2D eigenvalue weighted by atomic mass is 9.88. The van der Waals surface area contributed by atoms with Gasteiger partial charge in [-0.2, -0.15) is 13.2 Å². The van der Waals surface area contributed by atoms with Crippen LogP contribution in [0.5, 0.6) is 0 Å². The predicted molar refractivity (Wildman–Crippen MR) is 58.1 cm³/mol. The van der Waals surface area contributed by atoms with Crippen molar-refractivity contribution in [3.05, 3.63) is 0 Å². The minimum absolute atomic E-state index is 0.222. The topological polar surface area (TPSA) is 69.6 Å². The first kappa shape index (κ1) is 16.5. The standard InChI is InChI=1S/C10H17F3N2O3/c1-4-9(2,7(16)17)5-14-8(18)15(3)6-10(11,12)13/h4-6H2,1-3H3,(H,14,18)(H,16,17). The molecule has 8 heteroatoms. The van der Waals surface area contributed by atoms with Crippen LogP contribution in [0, 0.1) is 5.41 Å². The monoisotopic (exact) mass is 270 g/mol. The van der Waals surface area contributed by atoms with Gasteiger partial charge in [0.15, 0.2) is 0 Å². The molecule has 0 aliphatic heterocycles. The second kappa shape index (κ2) is 5.92. The van der Waals surface area contributed by atoms with Gasteiger partial charge >= 0.3 is 18.2 Å². The van der Waals surface area contributed by atoms with Crippen molar-refractivity contribution in [2.45, 2.75) is 26.4 Å². The van der Waals surface area contributed by atoms with Crippen molar-refractivity contribution in [1.82, 2.24) is 10.2 Å². The highest BCUT2D eigenvalue weighted by Crippen LogP contribution is 2.20. The summed E-state index contributed by atoms with van der Waals surface area (Å²) in [6, 6.07) is -0.951. The molecule has 0 aliphatic rings. The van der Waals surface area contributed by atoms with Crippen molar-refractivity contribution in [3.63, 3.8) is 0 Å². The summed E-state index contributed by atoms with van der Waals surface area (Å²) in [7, 11) is 0.993. The average molecular weight is 270 g/mol. The number of aliphatic carboxylic acids is 1. The zero-order chi connectivity index (χ0) is 14.6. The van der Waals surface area contributed by atoms with Gasteiger partial charge in [-0.3, -0.25) is 4.79 Å². The van der Waals surface area contributed by atoms with E-state index < -0.39 is 30.1 Å². The van der Waals surface area contributed by atoms with E-state index in [4.69, 9.17) is 5.11 Å². The molecule has 0 spiro atoms.